The number of nitrogens with zero attached hydrogens (tertiary/aromatic N) is 2. The fourth-order valence-electron chi connectivity index (χ4n) is 3.25. The van der Waals surface area contributed by atoms with E-state index < -0.39 is 10.0 Å². The van der Waals surface area contributed by atoms with Crippen molar-refractivity contribution >= 4 is 27.4 Å². The zero-order valence-corrected chi connectivity index (χ0v) is 18.2. The molecule has 0 aliphatic rings. The van der Waals surface area contributed by atoms with E-state index in [0.29, 0.717) is 23.6 Å². The van der Waals surface area contributed by atoms with Crippen molar-refractivity contribution < 1.29 is 13.2 Å². The van der Waals surface area contributed by atoms with Gasteiger partial charge in [-0.3, -0.25) is 9.52 Å². The number of nitrogens with one attached hydrogen (secondary N) is 2. The van der Waals surface area contributed by atoms with Gasteiger partial charge in [0.15, 0.2) is 0 Å². The van der Waals surface area contributed by atoms with Crippen molar-refractivity contribution in [1.29, 1.82) is 0 Å². The number of anilines is 2. The summed E-state index contributed by atoms with van der Waals surface area (Å²) in [5.41, 5.74) is 2.46. The maximum Gasteiger partial charge on any atom is 0.261 e. The molecule has 0 aliphatic carbocycles. The summed E-state index contributed by atoms with van der Waals surface area (Å²) in [7, 11) is -3.75. The highest BCUT2D eigenvalue weighted by atomic mass is 32.2. The topological polar surface area (TPSA) is 93.1 Å². The predicted molar refractivity (Wildman–Crippen MR) is 124 cm³/mol. The van der Waals surface area contributed by atoms with Gasteiger partial charge in [-0.2, -0.15) is 5.10 Å². The summed E-state index contributed by atoms with van der Waals surface area (Å²) in [6, 6.07) is 26.0. The number of sulfonamides is 1. The predicted octanol–water partition coefficient (Wildman–Crippen LogP) is 4.29. The highest BCUT2D eigenvalue weighted by Crippen LogP contribution is 2.19. The summed E-state index contributed by atoms with van der Waals surface area (Å²) in [6.45, 7) is 2.37. The van der Waals surface area contributed by atoms with Gasteiger partial charge in [-0.25, -0.2) is 13.1 Å². The van der Waals surface area contributed by atoms with Crippen molar-refractivity contribution in [2.45, 2.75) is 18.4 Å². The lowest BCUT2D eigenvalue weighted by molar-refractivity contribution is 0.102. The molecule has 0 saturated heterocycles. The van der Waals surface area contributed by atoms with Gasteiger partial charge in [0.25, 0.3) is 15.9 Å². The molecule has 7 nitrogen and oxygen atoms in total. The number of aryl methyl sites for hydroxylation is 1. The number of carbonyl (C=O) groups is 1. The van der Waals surface area contributed by atoms with Crippen molar-refractivity contribution in [1.82, 2.24) is 9.78 Å². The minimum absolute atomic E-state index is 0.148. The third kappa shape index (κ3) is 5.04. The minimum atomic E-state index is -3.75. The first kappa shape index (κ1) is 21.3. The van der Waals surface area contributed by atoms with E-state index in [2.05, 4.69) is 15.1 Å². The summed E-state index contributed by atoms with van der Waals surface area (Å²) >= 11 is 0. The van der Waals surface area contributed by atoms with Gasteiger partial charge < -0.3 is 5.32 Å². The van der Waals surface area contributed by atoms with Crippen LogP contribution in [0, 0.1) is 6.92 Å². The Balaban J connectivity index is 1.52. The van der Waals surface area contributed by atoms with Gasteiger partial charge in [-0.15, -0.1) is 0 Å². The molecule has 0 fully saturated rings. The van der Waals surface area contributed by atoms with E-state index in [0.717, 1.165) is 11.3 Å². The first-order valence-electron chi connectivity index (χ1n) is 9.98. The summed E-state index contributed by atoms with van der Waals surface area (Å²) < 4.78 is 29.4. The normalized spacial score (nSPS) is 11.2. The standard InChI is InChI=1S/C24H22N4O3S/c1-18-15-23(28(26-18)17-19-9-4-2-5-10-19)25-24(29)20-11-8-12-21(16-20)27-32(30,31)22-13-6-3-7-14-22/h2-16,27H,17H2,1H3,(H,25,29). The summed E-state index contributed by atoms with van der Waals surface area (Å²) in [4.78, 5) is 13.0. The van der Waals surface area contributed by atoms with Crippen LogP contribution in [0.3, 0.4) is 0 Å². The van der Waals surface area contributed by atoms with Crippen molar-refractivity contribution in [3.8, 4) is 0 Å². The Morgan fingerprint density at radius 1 is 0.906 bits per heavy atom. The molecule has 162 valence electrons. The lowest BCUT2D eigenvalue weighted by atomic mass is 10.2. The van der Waals surface area contributed by atoms with Gasteiger partial charge in [0.1, 0.15) is 5.82 Å². The van der Waals surface area contributed by atoms with Gasteiger partial charge in [-0.05, 0) is 42.8 Å². The van der Waals surface area contributed by atoms with Crippen LogP contribution >= 0.6 is 0 Å². The molecule has 2 N–H and O–H groups in total. The molecule has 4 aromatic rings. The Morgan fingerprint density at radius 3 is 2.31 bits per heavy atom. The molecule has 0 radical (unpaired) electrons. The minimum Gasteiger partial charge on any atom is -0.307 e. The molecule has 0 spiro atoms. The summed E-state index contributed by atoms with van der Waals surface area (Å²) in [6.07, 6.45) is 0. The van der Waals surface area contributed by atoms with E-state index in [1.165, 1.54) is 18.2 Å². The van der Waals surface area contributed by atoms with Crippen molar-refractivity contribution in [2.24, 2.45) is 0 Å². The third-order valence-corrected chi connectivity index (χ3v) is 6.15. The Kier molecular flexibility index (Phi) is 6.04. The van der Waals surface area contributed by atoms with Crippen LogP contribution in [0.15, 0.2) is 95.9 Å². The Morgan fingerprint density at radius 2 is 1.59 bits per heavy atom. The van der Waals surface area contributed by atoms with E-state index >= 15 is 0 Å². The third-order valence-electron chi connectivity index (χ3n) is 4.75. The van der Waals surface area contributed by atoms with Crippen LogP contribution in [0.4, 0.5) is 11.5 Å². The first-order valence-corrected chi connectivity index (χ1v) is 11.5. The average molecular weight is 447 g/mol. The van der Waals surface area contributed by atoms with Crippen LogP contribution in [0.1, 0.15) is 21.6 Å². The van der Waals surface area contributed by atoms with Gasteiger partial charge in [-0.1, -0.05) is 54.6 Å². The molecule has 1 aromatic heterocycles. The quantitative estimate of drug-likeness (QED) is 0.443. The van der Waals surface area contributed by atoms with E-state index in [1.807, 2.05) is 37.3 Å². The second-order valence-corrected chi connectivity index (χ2v) is 8.95. The number of aromatic nitrogens is 2. The number of hydrogen-bond acceptors (Lipinski definition) is 4. The summed E-state index contributed by atoms with van der Waals surface area (Å²) in [5, 5.41) is 7.34. The van der Waals surface area contributed by atoms with Gasteiger partial charge in [0.2, 0.25) is 0 Å². The average Bonchev–Trinajstić information content (AvgIpc) is 3.13. The van der Waals surface area contributed by atoms with Gasteiger partial charge >= 0.3 is 0 Å². The highest BCUT2D eigenvalue weighted by molar-refractivity contribution is 7.92. The summed E-state index contributed by atoms with van der Waals surface area (Å²) in [5.74, 6) is 0.201. The molecule has 32 heavy (non-hydrogen) atoms. The monoisotopic (exact) mass is 446 g/mol. The number of hydrogen-bond donors (Lipinski definition) is 2. The molecule has 3 aromatic carbocycles. The van der Waals surface area contributed by atoms with Gasteiger partial charge in [0, 0.05) is 17.3 Å². The smallest absolute Gasteiger partial charge is 0.261 e. The maximum absolute atomic E-state index is 12.9. The zero-order chi connectivity index (χ0) is 22.6. The second kappa shape index (κ2) is 9.07. The highest BCUT2D eigenvalue weighted by Gasteiger charge is 2.16. The van der Waals surface area contributed by atoms with Crippen molar-refractivity contribution in [2.75, 3.05) is 10.0 Å². The SMILES string of the molecule is Cc1cc(NC(=O)c2cccc(NS(=O)(=O)c3ccccc3)c2)n(Cc2ccccc2)n1. The second-order valence-electron chi connectivity index (χ2n) is 7.27. The number of rotatable bonds is 7. The number of benzene rings is 3. The molecule has 0 saturated carbocycles. The fourth-order valence-corrected chi connectivity index (χ4v) is 4.32. The molecule has 0 bridgehead atoms. The molecule has 0 aliphatic heterocycles. The molecule has 1 amide bonds. The lowest BCUT2D eigenvalue weighted by Crippen LogP contribution is -2.17. The lowest BCUT2D eigenvalue weighted by Gasteiger charge is -2.11. The molecule has 8 heteroatoms. The largest absolute Gasteiger partial charge is 0.307 e. The van der Waals surface area contributed by atoms with Crippen LogP contribution in [-0.4, -0.2) is 24.1 Å². The molecular formula is C24H22N4O3S. The molecular weight excluding hydrogens is 424 g/mol. The van der Waals surface area contributed by atoms with E-state index in [9.17, 15) is 13.2 Å². The molecule has 1 heterocycles. The Labute approximate surface area is 186 Å². The van der Waals surface area contributed by atoms with Crippen LogP contribution in [0.25, 0.3) is 0 Å². The first-order chi connectivity index (χ1) is 15.4. The van der Waals surface area contributed by atoms with Crippen molar-refractivity contribution in [3.05, 3.63) is 108 Å². The number of amides is 1. The fraction of sp³-hybridized carbons (Fsp3) is 0.0833. The molecule has 0 atom stereocenters. The Bertz CT molecular complexity index is 1330. The van der Waals surface area contributed by atoms with Crippen LogP contribution in [0.5, 0.6) is 0 Å². The van der Waals surface area contributed by atoms with Crippen LogP contribution in [-0.2, 0) is 16.6 Å². The van der Waals surface area contributed by atoms with Gasteiger partial charge in [0.05, 0.1) is 17.1 Å². The van der Waals surface area contributed by atoms with E-state index in [1.54, 1.807) is 47.1 Å². The van der Waals surface area contributed by atoms with Crippen molar-refractivity contribution in [3.63, 3.8) is 0 Å². The molecule has 4 rings (SSSR count). The van der Waals surface area contributed by atoms with Crippen LogP contribution < -0.4 is 10.0 Å². The van der Waals surface area contributed by atoms with E-state index in [-0.39, 0.29) is 10.8 Å². The van der Waals surface area contributed by atoms with Crippen LogP contribution in [0.2, 0.25) is 0 Å². The van der Waals surface area contributed by atoms with E-state index in [4.69, 9.17) is 0 Å². The Hall–Kier alpha value is -3.91. The number of carbonyl (C=O) groups excluding carboxylic acids is 1. The maximum atomic E-state index is 12.9. The molecule has 0 unspecified atom stereocenters. The zero-order valence-electron chi connectivity index (χ0n) is 17.4.